The average Bonchev–Trinajstić information content (AvgIpc) is 2.80. The number of carbonyl (C=O) groups is 4. The monoisotopic (exact) mass is 425 g/mol. The lowest BCUT2D eigenvalue weighted by atomic mass is 9.84. The van der Waals surface area contributed by atoms with Gasteiger partial charge < -0.3 is 15.5 Å². The van der Waals surface area contributed by atoms with E-state index in [9.17, 15) is 19.2 Å². The molecule has 0 bridgehead atoms. The number of rotatable bonds is 3. The van der Waals surface area contributed by atoms with Gasteiger partial charge in [0.05, 0.1) is 17.9 Å². The highest BCUT2D eigenvalue weighted by Crippen LogP contribution is 2.32. The average molecular weight is 425 g/mol. The largest absolute Gasteiger partial charge is 0.349 e. The Hall–Kier alpha value is -4.26. The Balaban J connectivity index is 1.39. The Bertz CT molecular complexity index is 1310. The summed E-state index contributed by atoms with van der Waals surface area (Å²) in [6.45, 7) is 1.69. The van der Waals surface area contributed by atoms with Gasteiger partial charge in [-0.15, -0.1) is 0 Å². The zero-order valence-electron chi connectivity index (χ0n) is 17.2. The smallest absolute Gasteiger partial charge is 0.246 e. The molecule has 1 heterocycles. The molecule has 158 valence electrons. The lowest BCUT2D eigenvalue weighted by Crippen LogP contribution is -2.49. The highest BCUT2D eigenvalue weighted by Gasteiger charge is 2.31. The standard InChI is InChI=1S/C25H19N3O4/c1-14-25(32)27-20-8-4-5-9-21(20)28(14)13-22(29)26-15-10-11-18-19(12-15)24(31)17-7-3-2-6-16(17)23(18)30/h2-12,14H,13H2,1H3,(H,26,29)(H,27,32)/t14-/m1/s1. The first kappa shape index (κ1) is 19.7. The Morgan fingerprint density at radius 1 is 0.875 bits per heavy atom. The Kier molecular flexibility index (Phi) is 4.59. The number of fused-ring (bicyclic) bond motifs is 3. The molecule has 32 heavy (non-hydrogen) atoms. The van der Waals surface area contributed by atoms with Gasteiger partial charge in [0, 0.05) is 27.9 Å². The molecule has 2 N–H and O–H groups in total. The van der Waals surface area contributed by atoms with Gasteiger partial charge in [0.25, 0.3) is 0 Å². The molecule has 2 aliphatic rings. The van der Waals surface area contributed by atoms with Gasteiger partial charge in [-0.3, -0.25) is 19.2 Å². The van der Waals surface area contributed by atoms with Crippen molar-refractivity contribution in [3.05, 3.63) is 89.0 Å². The summed E-state index contributed by atoms with van der Waals surface area (Å²) in [7, 11) is 0. The number of carbonyl (C=O) groups excluding carboxylic acids is 4. The van der Waals surface area contributed by atoms with E-state index < -0.39 is 6.04 Å². The van der Waals surface area contributed by atoms with Gasteiger partial charge in [-0.05, 0) is 37.3 Å². The fraction of sp³-hybridized carbons (Fsp3) is 0.120. The van der Waals surface area contributed by atoms with Gasteiger partial charge in [-0.1, -0.05) is 36.4 Å². The van der Waals surface area contributed by atoms with Crippen LogP contribution in [0.3, 0.4) is 0 Å². The lowest BCUT2D eigenvalue weighted by Gasteiger charge is -2.35. The number of hydrogen-bond acceptors (Lipinski definition) is 5. The van der Waals surface area contributed by atoms with E-state index in [1.54, 1.807) is 54.3 Å². The van der Waals surface area contributed by atoms with Crippen LogP contribution in [0.1, 0.15) is 38.8 Å². The molecule has 1 atom stereocenters. The fourth-order valence-electron chi connectivity index (χ4n) is 4.17. The maximum Gasteiger partial charge on any atom is 0.246 e. The minimum absolute atomic E-state index is 0.0433. The number of ketones is 2. The van der Waals surface area contributed by atoms with E-state index in [0.717, 1.165) is 5.69 Å². The van der Waals surface area contributed by atoms with Crippen LogP contribution in [-0.4, -0.2) is 36.0 Å². The summed E-state index contributed by atoms with van der Waals surface area (Å²) < 4.78 is 0. The molecule has 3 aromatic rings. The van der Waals surface area contributed by atoms with E-state index in [1.807, 2.05) is 18.2 Å². The van der Waals surface area contributed by atoms with E-state index >= 15 is 0 Å². The van der Waals surface area contributed by atoms with Crippen molar-refractivity contribution < 1.29 is 19.2 Å². The van der Waals surface area contributed by atoms with Gasteiger partial charge in [0.15, 0.2) is 11.6 Å². The predicted molar refractivity (Wildman–Crippen MR) is 120 cm³/mol. The summed E-state index contributed by atoms with van der Waals surface area (Å²) in [5.41, 5.74) is 3.16. The summed E-state index contributed by atoms with van der Waals surface area (Å²) in [6.07, 6.45) is 0. The molecule has 0 unspecified atom stereocenters. The fourth-order valence-corrected chi connectivity index (χ4v) is 4.17. The number of anilines is 3. The van der Waals surface area contributed by atoms with Crippen molar-refractivity contribution in [2.75, 3.05) is 22.1 Å². The van der Waals surface area contributed by atoms with Crippen molar-refractivity contribution in [2.24, 2.45) is 0 Å². The van der Waals surface area contributed by atoms with Crippen molar-refractivity contribution in [1.82, 2.24) is 0 Å². The summed E-state index contributed by atoms with van der Waals surface area (Å²) >= 11 is 0. The summed E-state index contributed by atoms with van der Waals surface area (Å²) in [6, 6.07) is 18.2. The maximum absolute atomic E-state index is 12.9. The molecule has 7 nitrogen and oxygen atoms in total. The van der Waals surface area contributed by atoms with Crippen LogP contribution in [0.4, 0.5) is 17.1 Å². The SMILES string of the molecule is C[C@@H]1C(=O)Nc2ccccc2N1CC(=O)Nc1ccc2c(c1)C(=O)c1ccccc1C2=O. The molecule has 1 aliphatic carbocycles. The summed E-state index contributed by atoms with van der Waals surface area (Å²) in [5.74, 6) is -0.983. The molecular formula is C25H19N3O4. The number of benzene rings is 3. The molecule has 2 amide bonds. The molecule has 3 aromatic carbocycles. The van der Waals surface area contributed by atoms with Gasteiger partial charge in [0.2, 0.25) is 11.8 Å². The van der Waals surface area contributed by atoms with Crippen molar-refractivity contribution in [3.8, 4) is 0 Å². The number of nitrogens with zero attached hydrogens (tertiary/aromatic N) is 1. The molecule has 0 saturated carbocycles. The molecule has 0 saturated heterocycles. The molecule has 0 fully saturated rings. The maximum atomic E-state index is 12.9. The first-order valence-corrected chi connectivity index (χ1v) is 10.2. The predicted octanol–water partition coefficient (Wildman–Crippen LogP) is 3.25. The molecule has 0 aromatic heterocycles. The number of amides is 2. The Morgan fingerprint density at radius 3 is 2.25 bits per heavy atom. The van der Waals surface area contributed by atoms with Crippen LogP contribution in [0.2, 0.25) is 0 Å². The third kappa shape index (κ3) is 3.15. The highest BCUT2D eigenvalue weighted by atomic mass is 16.2. The van der Waals surface area contributed by atoms with Crippen molar-refractivity contribution in [3.63, 3.8) is 0 Å². The topological polar surface area (TPSA) is 95.6 Å². The van der Waals surface area contributed by atoms with Crippen LogP contribution >= 0.6 is 0 Å². The second kappa shape index (κ2) is 7.46. The van der Waals surface area contributed by atoms with Crippen LogP contribution in [0.25, 0.3) is 0 Å². The third-order valence-corrected chi connectivity index (χ3v) is 5.84. The molecule has 0 radical (unpaired) electrons. The molecule has 7 heteroatoms. The summed E-state index contributed by atoms with van der Waals surface area (Å²) in [4.78, 5) is 52.5. The van der Waals surface area contributed by atoms with Crippen LogP contribution in [-0.2, 0) is 9.59 Å². The number of nitrogens with one attached hydrogen (secondary N) is 2. The van der Waals surface area contributed by atoms with E-state index in [1.165, 1.54) is 6.07 Å². The van der Waals surface area contributed by atoms with Gasteiger partial charge in [-0.25, -0.2) is 0 Å². The second-order valence-corrected chi connectivity index (χ2v) is 7.82. The van der Waals surface area contributed by atoms with Crippen molar-refractivity contribution >= 4 is 40.4 Å². The molecule has 0 spiro atoms. The number of para-hydroxylation sites is 2. The van der Waals surface area contributed by atoms with Crippen molar-refractivity contribution in [2.45, 2.75) is 13.0 Å². The van der Waals surface area contributed by atoms with Gasteiger partial charge in [0.1, 0.15) is 6.04 Å². The molecular weight excluding hydrogens is 406 g/mol. The van der Waals surface area contributed by atoms with Crippen LogP contribution in [0, 0.1) is 0 Å². The van der Waals surface area contributed by atoms with E-state index in [2.05, 4.69) is 10.6 Å². The molecule has 1 aliphatic heterocycles. The normalized spacial score (nSPS) is 16.6. The van der Waals surface area contributed by atoms with Crippen molar-refractivity contribution in [1.29, 1.82) is 0 Å². The first-order valence-electron chi connectivity index (χ1n) is 10.2. The number of hydrogen-bond donors (Lipinski definition) is 2. The lowest BCUT2D eigenvalue weighted by molar-refractivity contribution is -0.117. The zero-order valence-corrected chi connectivity index (χ0v) is 17.2. The Morgan fingerprint density at radius 2 is 1.50 bits per heavy atom. The van der Waals surface area contributed by atoms with Crippen LogP contribution in [0.5, 0.6) is 0 Å². The summed E-state index contributed by atoms with van der Waals surface area (Å²) in [5, 5.41) is 5.62. The minimum atomic E-state index is -0.519. The van der Waals surface area contributed by atoms with E-state index in [4.69, 9.17) is 0 Å². The third-order valence-electron chi connectivity index (χ3n) is 5.84. The van der Waals surface area contributed by atoms with Gasteiger partial charge in [-0.2, -0.15) is 0 Å². The van der Waals surface area contributed by atoms with Crippen LogP contribution < -0.4 is 15.5 Å². The van der Waals surface area contributed by atoms with Crippen LogP contribution in [0.15, 0.2) is 66.7 Å². The first-order chi connectivity index (χ1) is 15.4. The second-order valence-electron chi connectivity index (χ2n) is 7.82. The quantitative estimate of drug-likeness (QED) is 0.525. The Labute approximate surface area is 184 Å². The highest BCUT2D eigenvalue weighted by molar-refractivity contribution is 6.28. The minimum Gasteiger partial charge on any atom is -0.349 e. The van der Waals surface area contributed by atoms with Gasteiger partial charge >= 0.3 is 0 Å². The van der Waals surface area contributed by atoms with E-state index in [0.29, 0.717) is 28.1 Å². The molecule has 5 rings (SSSR count). The zero-order chi connectivity index (χ0) is 22.4. The van der Waals surface area contributed by atoms with E-state index in [-0.39, 0.29) is 35.5 Å².